The molecule has 1 amide bonds. The van der Waals surface area contributed by atoms with E-state index in [1.54, 1.807) is 7.05 Å². The first-order chi connectivity index (χ1) is 6.07. The van der Waals surface area contributed by atoms with Gasteiger partial charge in [-0.25, -0.2) is 5.06 Å². The maximum Gasteiger partial charge on any atom is 0.245 e. The number of amides is 1. The predicted molar refractivity (Wildman–Crippen MR) is 50.1 cm³/mol. The molecule has 0 aliphatic heterocycles. The van der Waals surface area contributed by atoms with E-state index >= 15 is 0 Å². The highest BCUT2D eigenvalue weighted by atomic mass is 16.7. The minimum atomic E-state index is -0.0187. The van der Waals surface area contributed by atoms with Gasteiger partial charge in [-0.05, 0) is 20.3 Å². The van der Waals surface area contributed by atoms with Crippen molar-refractivity contribution in [2.24, 2.45) is 0 Å². The van der Waals surface area contributed by atoms with Gasteiger partial charge in [-0.1, -0.05) is 0 Å². The molecule has 0 saturated carbocycles. The van der Waals surface area contributed by atoms with Crippen molar-refractivity contribution in [3.05, 3.63) is 0 Å². The van der Waals surface area contributed by atoms with Gasteiger partial charge in [-0.15, -0.1) is 0 Å². The second kappa shape index (κ2) is 6.86. The number of carbonyl (C=O) groups excluding carboxylic acids is 1. The average molecular weight is 189 g/mol. The van der Waals surface area contributed by atoms with Gasteiger partial charge < -0.3 is 4.74 Å². The van der Waals surface area contributed by atoms with Crippen LogP contribution >= 0.6 is 0 Å². The largest absolute Gasteiger partial charge is 0.379 e. The van der Waals surface area contributed by atoms with Crippen molar-refractivity contribution >= 4 is 5.91 Å². The molecular weight excluding hydrogens is 170 g/mol. The highest BCUT2D eigenvalue weighted by Gasteiger charge is 2.06. The van der Waals surface area contributed by atoms with Crippen LogP contribution in [0, 0.1) is 0 Å². The van der Waals surface area contributed by atoms with Crippen LogP contribution < -0.4 is 0 Å². The van der Waals surface area contributed by atoms with Crippen LogP contribution in [0.3, 0.4) is 0 Å². The first-order valence-electron chi connectivity index (χ1n) is 4.50. The van der Waals surface area contributed by atoms with Crippen LogP contribution in [0.25, 0.3) is 0 Å². The van der Waals surface area contributed by atoms with Gasteiger partial charge in [-0.2, -0.15) is 0 Å². The fourth-order valence-electron chi connectivity index (χ4n) is 0.802. The Labute approximate surface area is 79.8 Å². The van der Waals surface area contributed by atoms with Gasteiger partial charge in [0.15, 0.2) is 0 Å². The van der Waals surface area contributed by atoms with Gasteiger partial charge in [0.2, 0.25) is 5.91 Å². The third kappa shape index (κ3) is 6.54. The number of hydroxylamine groups is 2. The second-order valence-electron chi connectivity index (χ2n) is 3.10. The summed E-state index contributed by atoms with van der Waals surface area (Å²) in [5, 5.41) is 1.23. The molecule has 0 atom stereocenters. The fourth-order valence-corrected chi connectivity index (χ4v) is 0.802. The standard InChI is InChI=1S/C9H19NO3/c1-8(2)13-7-5-6-9(11)10(3)12-4/h8H,5-7H2,1-4H3. The predicted octanol–water partition coefficient (Wildman–Crippen LogP) is 1.21. The lowest BCUT2D eigenvalue weighted by molar-refractivity contribution is -0.169. The highest BCUT2D eigenvalue weighted by Crippen LogP contribution is 1.97. The molecule has 0 heterocycles. The molecule has 4 heteroatoms. The molecular formula is C9H19NO3. The lowest BCUT2D eigenvalue weighted by atomic mass is 10.3. The number of hydrogen-bond acceptors (Lipinski definition) is 3. The van der Waals surface area contributed by atoms with Crippen molar-refractivity contribution in [1.29, 1.82) is 0 Å². The van der Waals surface area contributed by atoms with E-state index in [1.807, 2.05) is 13.8 Å². The van der Waals surface area contributed by atoms with Crippen molar-refractivity contribution < 1.29 is 14.4 Å². The van der Waals surface area contributed by atoms with E-state index in [1.165, 1.54) is 12.2 Å². The molecule has 0 saturated heterocycles. The van der Waals surface area contributed by atoms with Crippen molar-refractivity contribution in [3.63, 3.8) is 0 Å². The fraction of sp³-hybridized carbons (Fsp3) is 0.889. The van der Waals surface area contributed by atoms with Crippen LogP contribution in [0.2, 0.25) is 0 Å². The molecule has 4 nitrogen and oxygen atoms in total. The molecule has 0 N–H and O–H groups in total. The van der Waals surface area contributed by atoms with Crippen LogP contribution in [-0.4, -0.2) is 37.8 Å². The summed E-state index contributed by atoms with van der Waals surface area (Å²) in [6.45, 7) is 4.58. The first-order valence-corrected chi connectivity index (χ1v) is 4.50. The smallest absolute Gasteiger partial charge is 0.245 e. The minimum absolute atomic E-state index is 0.0187. The Hall–Kier alpha value is -0.610. The minimum Gasteiger partial charge on any atom is -0.379 e. The molecule has 0 aromatic carbocycles. The van der Waals surface area contributed by atoms with Crippen LogP contribution in [0.4, 0.5) is 0 Å². The monoisotopic (exact) mass is 189 g/mol. The summed E-state index contributed by atoms with van der Waals surface area (Å²) < 4.78 is 5.29. The topological polar surface area (TPSA) is 38.8 Å². The summed E-state index contributed by atoms with van der Waals surface area (Å²) in [6.07, 6.45) is 1.44. The maximum atomic E-state index is 11.2. The molecule has 0 aliphatic carbocycles. The molecule has 0 aromatic heterocycles. The van der Waals surface area contributed by atoms with Crippen molar-refractivity contribution in [1.82, 2.24) is 5.06 Å². The molecule has 0 fully saturated rings. The molecule has 0 rings (SSSR count). The van der Waals surface area contributed by atoms with Crippen molar-refractivity contribution in [2.75, 3.05) is 20.8 Å². The molecule has 0 unspecified atom stereocenters. The molecule has 0 radical (unpaired) electrons. The van der Waals surface area contributed by atoms with E-state index in [2.05, 4.69) is 0 Å². The van der Waals surface area contributed by atoms with Crippen LogP contribution in [0.1, 0.15) is 26.7 Å². The molecule has 78 valence electrons. The van der Waals surface area contributed by atoms with Crippen LogP contribution in [0.15, 0.2) is 0 Å². The normalized spacial score (nSPS) is 10.5. The summed E-state index contributed by atoms with van der Waals surface area (Å²) in [4.78, 5) is 15.9. The summed E-state index contributed by atoms with van der Waals surface area (Å²) in [5.41, 5.74) is 0. The highest BCUT2D eigenvalue weighted by molar-refractivity contribution is 5.74. The van der Waals surface area contributed by atoms with Crippen LogP contribution in [-0.2, 0) is 14.4 Å². The number of ether oxygens (including phenoxy) is 1. The van der Waals surface area contributed by atoms with E-state index in [0.29, 0.717) is 13.0 Å². The summed E-state index contributed by atoms with van der Waals surface area (Å²) in [7, 11) is 3.08. The third-order valence-corrected chi connectivity index (χ3v) is 1.61. The van der Waals surface area contributed by atoms with E-state index in [0.717, 1.165) is 6.42 Å². The number of hydrogen-bond donors (Lipinski definition) is 0. The number of rotatable bonds is 6. The first kappa shape index (κ1) is 12.4. The molecule has 0 aromatic rings. The van der Waals surface area contributed by atoms with E-state index < -0.39 is 0 Å². The quantitative estimate of drug-likeness (QED) is 0.465. The zero-order valence-corrected chi connectivity index (χ0v) is 8.87. The Balaban J connectivity index is 3.37. The van der Waals surface area contributed by atoms with E-state index in [4.69, 9.17) is 9.57 Å². The van der Waals surface area contributed by atoms with Gasteiger partial charge in [0.05, 0.1) is 13.2 Å². The number of nitrogens with zero attached hydrogens (tertiary/aromatic N) is 1. The third-order valence-electron chi connectivity index (χ3n) is 1.61. The zero-order chi connectivity index (χ0) is 10.3. The lowest BCUT2D eigenvalue weighted by Crippen LogP contribution is -2.25. The van der Waals surface area contributed by atoms with Crippen molar-refractivity contribution in [3.8, 4) is 0 Å². The van der Waals surface area contributed by atoms with Gasteiger partial charge >= 0.3 is 0 Å². The maximum absolute atomic E-state index is 11.2. The van der Waals surface area contributed by atoms with Crippen molar-refractivity contribution in [2.45, 2.75) is 32.8 Å². The second-order valence-corrected chi connectivity index (χ2v) is 3.10. The SMILES string of the molecule is CON(C)C(=O)CCCOC(C)C. The Morgan fingerprint density at radius 3 is 2.54 bits per heavy atom. The Morgan fingerprint density at radius 2 is 2.08 bits per heavy atom. The molecule has 13 heavy (non-hydrogen) atoms. The zero-order valence-electron chi connectivity index (χ0n) is 8.87. The van der Waals surface area contributed by atoms with Crippen LogP contribution in [0.5, 0.6) is 0 Å². The average Bonchev–Trinajstić information content (AvgIpc) is 2.10. The number of carbonyl (C=O) groups is 1. The van der Waals surface area contributed by atoms with Gasteiger partial charge in [0.25, 0.3) is 0 Å². The van der Waals surface area contributed by atoms with Gasteiger partial charge in [0, 0.05) is 20.1 Å². The molecule has 0 spiro atoms. The summed E-state index contributed by atoms with van der Waals surface area (Å²) in [5.74, 6) is -0.0187. The molecule has 0 aliphatic rings. The lowest BCUT2D eigenvalue weighted by Gasteiger charge is -2.13. The molecule has 0 bridgehead atoms. The Kier molecular flexibility index (Phi) is 6.54. The Bertz CT molecular complexity index is 148. The summed E-state index contributed by atoms with van der Waals surface area (Å²) >= 11 is 0. The summed E-state index contributed by atoms with van der Waals surface area (Å²) in [6, 6.07) is 0. The van der Waals surface area contributed by atoms with E-state index in [-0.39, 0.29) is 12.0 Å². The van der Waals surface area contributed by atoms with Gasteiger partial charge in [-0.3, -0.25) is 9.63 Å². The van der Waals surface area contributed by atoms with Gasteiger partial charge in [0.1, 0.15) is 0 Å². The Morgan fingerprint density at radius 1 is 1.46 bits per heavy atom. The van der Waals surface area contributed by atoms with E-state index in [9.17, 15) is 4.79 Å².